The predicted molar refractivity (Wildman–Crippen MR) is 223 cm³/mol. The highest BCUT2D eigenvalue weighted by Gasteiger charge is 2.24. The summed E-state index contributed by atoms with van der Waals surface area (Å²) < 4.78 is 21.5. The van der Waals surface area contributed by atoms with Crippen LogP contribution in [0, 0.1) is 0 Å². The molecule has 0 fully saturated rings. The average Bonchev–Trinajstić information content (AvgIpc) is 4.02. The lowest BCUT2D eigenvalue weighted by Gasteiger charge is -2.26. The van der Waals surface area contributed by atoms with Gasteiger partial charge in [0.25, 0.3) is 0 Å². The molecule has 6 nitrogen and oxygen atoms in total. The molecule has 4 aromatic heterocycles. The van der Waals surface area contributed by atoms with E-state index in [1.54, 1.807) is 0 Å². The van der Waals surface area contributed by atoms with Crippen molar-refractivity contribution in [3.05, 3.63) is 176 Å². The van der Waals surface area contributed by atoms with E-state index in [9.17, 15) is 0 Å². The van der Waals surface area contributed by atoms with Gasteiger partial charge in [-0.25, -0.2) is 4.98 Å². The fraction of sp³-hybridized carbons (Fsp3) is 0. The Kier molecular flexibility index (Phi) is 6.24. The van der Waals surface area contributed by atoms with Crippen molar-refractivity contribution in [2.75, 3.05) is 4.90 Å². The van der Waals surface area contributed by atoms with Gasteiger partial charge in [0.05, 0.1) is 22.1 Å². The van der Waals surface area contributed by atoms with Crippen molar-refractivity contribution in [1.82, 2.24) is 9.55 Å². The molecule has 0 saturated heterocycles. The smallest absolute Gasteiger partial charge is 0.227 e. The van der Waals surface area contributed by atoms with E-state index < -0.39 is 0 Å². The minimum absolute atomic E-state index is 0.581. The zero-order chi connectivity index (χ0) is 36.0. The molecule has 6 heteroatoms. The number of aromatic nitrogens is 2. The number of furan rings is 2. The Morgan fingerprint density at radius 3 is 1.87 bits per heavy atom. The van der Waals surface area contributed by atoms with Gasteiger partial charge in [-0.15, -0.1) is 0 Å². The van der Waals surface area contributed by atoms with E-state index in [1.807, 2.05) is 54.6 Å². The largest absolute Gasteiger partial charge is 0.456 e. The molecule has 258 valence electrons. The van der Waals surface area contributed by atoms with Crippen LogP contribution in [-0.2, 0) is 0 Å². The van der Waals surface area contributed by atoms with E-state index >= 15 is 0 Å². The van der Waals surface area contributed by atoms with Crippen molar-refractivity contribution >= 4 is 93.8 Å². The Morgan fingerprint density at radius 1 is 0.418 bits per heavy atom. The first-order valence-corrected chi connectivity index (χ1v) is 18.4. The molecule has 0 aliphatic rings. The van der Waals surface area contributed by atoms with Gasteiger partial charge in [-0.2, -0.15) is 0 Å². The molecule has 0 atom stereocenters. The summed E-state index contributed by atoms with van der Waals surface area (Å²) in [5, 5.41) is 6.36. The maximum absolute atomic E-state index is 6.48. The normalized spacial score (nSPS) is 12.0. The molecular weight excluding hydrogens is 679 g/mol. The van der Waals surface area contributed by atoms with Crippen LogP contribution >= 0.6 is 0 Å². The maximum Gasteiger partial charge on any atom is 0.227 e. The second-order valence-corrected chi connectivity index (χ2v) is 13.9. The molecule has 0 aliphatic heterocycles. The van der Waals surface area contributed by atoms with Gasteiger partial charge in [-0.3, -0.25) is 0 Å². The van der Waals surface area contributed by atoms with Crippen LogP contribution in [0.1, 0.15) is 0 Å². The number of fused-ring (bicyclic) bond motifs is 11. The van der Waals surface area contributed by atoms with Gasteiger partial charge < -0.3 is 22.7 Å². The van der Waals surface area contributed by atoms with Gasteiger partial charge in [0, 0.05) is 49.6 Å². The first kappa shape index (κ1) is 29.9. The summed E-state index contributed by atoms with van der Waals surface area (Å²) in [4.78, 5) is 7.40. The van der Waals surface area contributed by atoms with Gasteiger partial charge in [0.15, 0.2) is 5.58 Å². The van der Waals surface area contributed by atoms with Crippen LogP contribution in [-0.4, -0.2) is 9.55 Å². The summed E-state index contributed by atoms with van der Waals surface area (Å²) in [6, 6.07) is 60.9. The van der Waals surface area contributed by atoms with Gasteiger partial charge in [0.1, 0.15) is 27.8 Å². The topological polar surface area (TPSA) is 60.5 Å². The summed E-state index contributed by atoms with van der Waals surface area (Å²) in [7, 11) is 0. The van der Waals surface area contributed by atoms with E-state index in [-0.39, 0.29) is 0 Å². The molecule has 12 aromatic rings. The van der Waals surface area contributed by atoms with Crippen LogP contribution in [0.5, 0.6) is 0 Å². The molecule has 0 spiro atoms. The summed E-state index contributed by atoms with van der Waals surface area (Å²) in [5.74, 6) is 0.581. The number of nitrogens with zero attached hydrogens (tertiary/aromatic N) is 3. The van der Waals surface area contributed by atoms with E-state index in [0.717, 1.165) is 94.1 Å². The predicted octanol–water partition coefficient (Wildman–Crippen LogP) is 13.9. The Morgan fingerprint density at radius 2 is 1.04 bits per heavy atom. The third-order valence-electron chi connectivity index (χ3n) is 10.8. The highest BCUT2D eigenvalue weighted by molar-refractivity contribution is 6.19. The van der Waals surface area contributed by atoms with Crippen molar-refractivity contribution in [2.24, 2.45) is 0 Å². The van der Waals surface area contributed by atoms with Crippen LogP contribution in [0.25, 0.3) is 93.9 Å². The van der Waals surface area contributed by atoms with E-state index in [2.05, 4.69) is 131 Å². The third-order valence-corrected chi connectivity index (χ3v) is 10.8. The number of oxazole rings is 1. The number of anilines is 3. The first-order valence-electron chi connectivity index (χ1n) is 18.4. The number of benzene rings is 8. The van der Waals surface area contributed by atoms with Crippen molar-refractivity contribution in [2.45, 2.75) is 0 Å². The Balaban J connectivity index is 1.15. The lowest BCUT2D eigenvalue weighted by Crippen LogP contribution is -2.10. The van der Waals surface area contributed by atoms with Crippen LogP contribution in [0.15, 0.2) is 189 Å². The van der Waals surface area contributed by atoms with Gasteiger partial charge in [-0.05, 0) is 97.1 Å². The second kappa shape index (κ2) is 11.5. The number of hydrogen-bond donors (Lipinski definition) is 0. The fourth-order valence-electron chi connectivity index (χ4n) is 8.41. The van der Waals surface area contributed by atoms with Crippen molar-refractivity contribution in [1.29, 1.82) is 0 Å². The minimum atomic E-state index is 0.581. The van der Waals surface area contributed by atoms with Crippen LogP contribution < -0.4 is 4.90 Å². The molecule has 0 radical (unpaired) electrons. The molecule has 0 saturated carbocycles. The minimum Gasteiger partial charge on any atom is -0.456 e. The van der Waals surface area contributed by atoms with Crippen molar-refractivity contribution in [3.63, 3.8) is 0 Å². The standard InChI is InChI=1S/C49H29N3O3/c1-3-12-30(13-4-1)49-50-48-45(55-49)27-26-44-47(48)37-29-33(23-25-43(37)54-44)51(32-22-24-42-36(28-32)34-16-8-10-21-41(34)53-42)39-19-11-20-40-46(39)35-17-7-9-18-38(35)52(40)31-14-5-2-6-15-31/h1-29H. The van der Waals surface area contributed by atoms with Crippen LogP contribution in [0.2, 0.25) is 0 Å². The fourth-order valence-corrected chi connectivity index (χ4v) is 8.41. The Labute approximate surface area is 313 Å². The molecule has 4 heterocycles. The molecule has 8 aromatic carbocycles. The monoisotopic (exact) mass is 707 g/mol. The molecule has 0 amide bonds. The van der Waals surface area contributed by atoms with E-state index in [0.29, 0.717) is 11.5 Å². The summed E-state index contributed by atoms with van der Waals surface area (Å²) in [5.41, 5.74) is 12.1. The quantitative estimate of drug-likeness (QED) is 0.178. The molecular formula is C49H29N3O3. The number of hydrogen-bond acceptors (Lipinski definition) is 5. The van der Waals surface area contributed by atoms with Crippen molar-refractivity contribution in [3.8, 4) is 17.1 Å². The number of para-hydroxylation sites is 3. The highest BCUT2D eigenvalue weighted by atomic mass is 16.4. The zero-order valence-corrected chi connectivity index (χ0v) is 29.3. The number of rotatable bonds is 5. The van der Waals surface area contributed by atoms with E-state index in [4.69, 9.17) is 18.2 Å². The molecule has 0 N–H and O–H groups in total. The van der Waals surface area contributed by atoms with Crippen molar-refractivity contribution < 1.29 is 13.3 Å². The Bertz CT molecular complexity index is 3440. The van der Waals surface area contributed by atoms with Gasteiger partial charge in [-0.1, -0.05) is 78.9 Å². The lowest BCUT2D eigenvalue weighted by atomic mass is 10.1. The average molecular weight is 708 g/mol. The van der Waals surface area contributed by atoms with E-state index in [1.165, 1.54) is 5.39 Å². The van der Waals surface area contributed by atoms with Crippen LogP contribution in [0.4, 0.5) is 17.1 Å². The molecule has 12 rings (SSSR count). The summed E-state index contributed by atoms with van der Waals surface area (Å²) >= 11 is 0. The first-order chi connectivity index (χ1) is 27.3. The molecule has 55 heavy (non-hydrogen) atoms. The zero-order valence-electron chi connectivity index (χ0n) is 29.3. The van der Waals surface area contributed by atoms with Crippen LogP contribution in [0.3, 0.4) is 0 Å². The highest BCUT2D eigenvalue weighted by Crippen LogP contribution is 2.47. The van der Waals surface area contributed by atoms with Gasteiger partial charge in [0.2, 0.25) is 5.89 Å². The maximum atomic E-state index is 6.48. The van der Waals surface area contributed by atoms with Gasteiger partial charge >= 0.3 is 0 Å². The Hall–Kier alpha value is -7.57. The second-order valence-electron chi connectivity index (χ2n) is 13.9. The SMILES string of the molecule is c1ccc(-c2nc3c(ccc4oc5ccc(N(c6ccc7oc8ccccc8c7c6)c6cccc7c6c6ccccc6n7-c6ccccc6)cc5c43)o2)cc1. The molecule has 0 unspecified atom stereocenters. The molecule has 0 bridgehead atoms. The summed E-state index contributed by atoms with van der Waals surface area (Å²) in [6.07, 6.45) is 0. The molecule has 0 aliphatic carbocycles. The lowest BCUT2D eigenvalue weighted by molar-refractivity contribution is 0.619. The summed E-state index contributed by atoms with van der Waals surface area (Å²) in [6.45, 7) is 0. The third kappa shape index (κ3) is 4.46.